The predicted molar refractivity (Wildman–Crippen MR) is 146 cm³/mol. The number of hydrogen-bond acceptors (Lipinski definition) is 6. The van der Waals surface area contributed by atoms with Gasteiger partial charge in [0, 0.05) is 41.1 Å². The van der Waals surface area contributed by atoms with Crippen molar-refractivity contribution in [2.75, 3.05) is 18.0 Å². The van der Waals surface area contributed by atoms with E-state index in [1.54, 1.807) is 18.2 Å². The highest BCUT2D eigenvalue weighted by atomic mass is 35.5. The summed E-state index contributed by atoms with van der Waals surface area (Å²) in [6.07, 6.45) is 3.65. The van der Waals surface area contributed by atoms with Gasteiger partial charge in [0.05, 0.1) is 22.1 Å². The lowest BCUT2D eigenvalue weighted by atomic mass is 10.2. The van der Waals surface area contributed by atoms with Gasteiger partial charge in [-0.25, -0.2) is 4.39 Å². The number of nitro benzene ring substituents is 1. The second-order valence-corrected chi connectivity index (χ2v) is 10.7. The fraction of sp³-hybridized carbons (Fsp3) is 0.259. The first-order valence-electron chi connectivity index (χ1n) is 12.1. The molecule has 0 radical (unpaired) electrons. The topological polar surface area (TPSA) is 88.7 Å². The molecule has 2 aliphatic heterocycles. The summed E-state index contributed by atoms with van der Waals surface area (Å²) in [6.45, 7) is 5.05. The second-order valence-electron chi connectivity index (χ2n) is 9.25. The number of imide groups is 1. The summed E-state index contributed by atoms with van der Waals surface area (Å²) in [5.74, 6) is -1.12. The minimum absolute atomic E-state index is 0.0476. The van der Waals surface area contributed by atoms with E-state index in [1.165, 1.54) is 18.2 Å². The van der Waals surface area contributed by atoms with Crippen LogP contribution in [0, 0.1) is 29.8 Å². The molecule has 2 amide bonds. The van der Waals surface area contributed by atoms with E-state index in [-0.39, 0.29) is 32.6 Å². The Hall–Kier alpha value is -3.63. The minimum atomic E-state index is -0.589. The highest BCUT2D eigenvalue weighted by Gasteiger charge is 2.36. The normalized spacial score (nSPS) is 16.8. The Morgan fingerprint density at radius 3 is 2.55 bits per heavy atom. The van der Waals surface area contributed by atoms with Gasteiger partial charge in [-0.3, -0.25) is 24.6 Å². The van der Waals surface area contributed by atoms with Crippen LogP contribution in [0.25, 0.3) is 11.8 Å². The number of nitrogens with zero attached hydrogens (tertiary/aromatic N) is 4. The van der Waals surface area contributed by atoms with Crippen molar-refractivity contribution in [2.24, 2.45) is 0 Å². The molecule has 8 nitrogen and oxygen atoms in total. The Labute approximate surface area is 227 Å². The standard InChI is InChI=1S/C27H24ClFN4O4S/c1-16-12-18(13-25-26(34)31(27(35)38-25)15-20-21(28)6-5-7-22(20)29)17(2)32(16)19-8-9-23(24(14-19)33(36)37)30-10-3-4-11-30/h5-9,12-14H,3-4,10-11,15H2,1-2H3/b25-13-. The first-order chi connectivity index (χ1) is 18.2. The van der Waals surface area contributed by atoms with Crippen LogP contribution in [0.4, 0.5) is 20.6 Å². The quantitative estimate of drug-likeness (QED) is 0.193. The molecule has 5 rings (SSSR count). The SMILES string of the molecule is Cc1cc(/C=C2\SC(=O)N(Cc3c(F)cccc3Cl)C2=O)c(C)n1-c1ccc(N2CCCC2)c([N+](=O)[O-])c1. The fourth-order valence-corrected chi connectivity index (χ4v) is 6.02. The molecular formula is C27H24ClFN4O4S. The third-order valence-corrected chi connectivity index (χ3v) is 8.13. The van der Waals surface area contributed by atoms with E-state index in [0.717, 1.165) is 54.0 Å². The van der Waals surface area contributed by atoms with Crippen LogP contribution in [0.1, 0.15) is 35.4 Å². The number of carbonyl (C=O) groups excluding carboxylic acids is 2. The van der Waals surface area contributed by atoms with Crippen molar-refractivity contribution >= 4 is 52.0 Å². The maximum atomic E-state index is 14.3. The molecule has 11 heteroatoms. The molecule has 0 unspecified atom stereocenters. The van der Waals surface area contributed by atoms with Crippen molar-refractivity contribution < 1.29 is 18.9 Å². The molecule has 2 fully saturated rings. The molecule has 196 valence electrons. The average molecular weight is 555 g/mol. The zero-order valence-corrected chi connectivity index (χ0v) is 22.3. The fourth-order valence-electron chi connectivity index (χ4n) is 4.97. The van der Waals surface area contributed by atoms with Gasteiger partial charge in [0.25, 0.3) is 16.8 Å². The highest BCUT2D eigenvalue weighted by molar-refractivity contribution is 8.18. The summed E-state index contributed by atoms with van der Waals surface area (Å²) in [7, 11) is 0. The highest BCUT2D eigenvalue weighted by Crippen LogP contribution is 2.37. The summed E-state index contributed by atoms with van der Waals surface area (Å²) in [6, 6.07) is 11.3. The monoisotopic (exact) mass is 554 g/mol. The third-order valence-electron chi connectivity index (χ3n) is 6.87. The molecule has 0 N–H and O–H groups in total. The van der Waals surface area contributed by atoms with E-state index in [2.05, 4.69) is 0 Å². The van der Waals surface area contributed by atoms with Gasteiger partial charge < -0.3 is 9.47 Å². The number of benzene rings is 2. The number of thioether (sulfide) groups is 1. The molecule has 1 aromatic heterocycles. The molecule has 0 atom stereocenters. The molecule has 38 heavy (non-hydrogen) atoms. The summed E-state index contributed by atoms with van der Waals surface area (Å²) < 4.78 is 16.1. The molecule has 0 spiro atoms. The number of hydrogen-bond donors (Lipinski definition) is 0. The lowest BCUT2D eigenvalue weighted by molar-refractivity contribution is -0.384. The van der Waals surface area contributed by atoms with Gasteiger partial charge in [-0.1, -0.05) is 17.7 Å². The van der Waals surface area contributed by atoms with Crippen LogP contribution in [0.5, 0.6) is 0 Å². The maximum Gasteiger partial charge on any atom is 0.294 e. The van der Waals surface area contributed by atoms with Crippen molar-refractivity contribution in [3.8, 4) is 5.69 Å². The van der Waals surface area contributed by atoms with E-state index in [4.69, 9.17) is 11.6 Å². The molecule has 0 bridgehead atoms. The number of carbonyl (C=O) groups is 2. The van der Waals surface area contributed by atoms with Gasteiger partial charge in [-0.15, -0.1) is 0 Å². The van der Waals surface area contributed by atoms with Gasteiger partial charge in [0.1, 0.15) is 11.5 Å². The van der Waals surface area contributed by atoms with Crippen LogP contribution in [-0.2, 0) is 11.3 Å². The third kappa shape index (κ3) is 4.69. The first-order valence-corrected chi connectivity index (χ1v) is 13.3. The summed E-state index contributed by atoms with van der Waals surface area (Å²) in [4.78, 5) is 40.4. The number of rotatable bonds is 6. The molecule has 0 saturated carbocycles. The van der Waals surface area contributed by atoms with Gasteiger partial charge in [-0.2, -0.15) is 0 Å². The van der Waals surface area contributed by atoms with Crippen LogP contribution in [0.3, 0.4) is 0 Å². The predicted octanol–water partition coefficient (Wildman–Crippen LogP) is 6.63. The van der Waals surface area contributed by atoms with Crippen LogP contribution < -0.4 is 4.90 Å². The van der Waals surface area contributed by atoms with Crippen molar-refractivity contribution in [3.05, 3.63) is 90.8 Å². The number of aryl methyl sites for hydroxylation is 1. The lowest BCUT2D eigenvalue weighted by Gasteiger charge is -2.19. The maximum absolute atomic E-state index is 14.3. The minimum Gasteiger partial charge on any atom is -0.366 e. The van der Waals surface area contributed by atoms with Crippen LogP contribution >= 0.6 is 23.4 Å². The van der Waals surface area contributed by atoms with Crippen molar-refractivity contribution in [1.82, 2.24) is 9.47 Å². The van der Waals surface area contributed by atoms with E-state index >= 15 is 0 Å². The van der Waals surface area contributed by atoms with E-state index in [9.17, 15) is 24.1 Å². The average Bonchev–Trinajstić information content (AvgIpc) is 3.57. The Kier molecular flexibility index (Phi) is 7.02. The summed E-state index contributed by atoms with van der Waals surface area (Å²) >= 11 is 6.87. The number of halogens is 2. The van der Waals surface area contributed by atoms with Crippen molar-refractivity contribution in [2.45, 2.75) is 33.2 Å². The number of aromatic nitrogens is 1. The lowest BCUT2D eigenvalue weighted by Crippen LogP contribution is -2.28. The number of anilines is 1. The van der Waals surface area contributed by atoms with Gasteiger partial charge >= 0.3 is 0 Å². The number of amides is 2. The Morgan fingerprint density at radius 1 is 1.13 bits per heavy atom. The van der Waals surface area contributed by atoms with Gasteiger partial charge in [-0.05, 0) is 80.4 Å². The molecular weight excluding hydrogens is 531 g/mol. The zero-order chi connectivity index (χ0) is 27.1. The molecule has 2 aromatic carbocycles. The zero-order valence-electron chi connectivity index (χ0n) is 20.7. The summed E-state index contributed by atoms with van der Waals surface area (Å²) in [5, 5.41) is 11.5. The Morgan fingerprint density at radius 2 is 1.87 bits per heavy atom. The van der Waals surface area contributed by atoms with E-state index in [0.29, 0.717) is 16.9 Å². The number of nitro groups is 1. The van der Waals surface area contributed by atoms with Gasteiger partial charge in [0.15, 0.2) is 0 Å². The Bertz CT molecular complexity index is 1490. The molecule has 0 aliphatic carbocycles. The Balaban J connectivity index is 1.45. The first kappa shape index (κ1) is 26.0. The van der Waals surface area contributed by atoms with Gasteiger partial charge in [0.2, 0.25) is 0 Å². The van der Waals surface area contributed by atoms with Crippen LogP contribution in [-0.4, -0.2) is 38.6 Å². The van der Waals surface area contributed by atoms with Crippen LogP contribution in [0.2, 0.25) is 5.02 Å². The largest absolute Gasteiger partial charge is 0.366 e. The molecule has 2 saturated heterocycles. The second kappa shape index (κ2) is 10.3. The van der Waals surface area contributed by atoms with E-state index in [1.807, 2.05) is 35.4 Å². The van der Waals surface area contributed by atoms with E-state index < -0.39 is 17.0 Å². The molecule has 2 aliphatic rings. The van der Waals surface area contributed by atoms with Crippen molar-refractivity contribution in [1.29, 1.82) is 0 Å². The van der Waals surface area contributed by atoms with Crippen LogP contribution in [0.15, 0.2) is 47.4 Å². The van der Waals surface area contributed by atoms with Crippen molar-refractivity contribution in [3.63, 3.8) is 0 Å². The smallest absolute Gasteiger partial charge is 0.294 e. The summed E-state index contributed by atoms with van der Waals surface area (Å²) in [5.41, 5.74) is 3.65. The molecule has 3 heterocycles. The molecule has 3 aromatic rings.